The van der Waals surface area contributed by atoms with Gasteiger partial charge < -0.3 is 4.74 Å². The van der Waals surface area contributed by atoms with Crippen molar-refractivity contribution in [3.8, 4) is 11.8 Å². The van der Waals surface area contributed by atoms with Gasteiger partial charge in [0, 0.05) is 24.6 Å². The number of ether oxygens (including phenoxy) is 1. The molecule has 1 aromatic carbocycles. The van der Waals surface area contributed by atoms with Gasteiger partial charge in [-0.15, -0.1) is 0 Å². The van der Waals surface area contributed by atoms with Gasteiger partial charge in [-0.1, -0.05) is 25.1 Å². The summed E-state index contributed by atoms with van der Waals surface area (Å²) in [5.41, 5.74) is 0.555. The summed E-state index contributed by atoms with van der Waals surface area (Å²) in [5, 5.41) is 9.87. The molecule has 0 N–H and O–H groups in total. The lowest BCUT2D eigenvalue weighted by Gasteiger charge is -2.44. The molecular weight excluding hydrogens is 224 g/mol. The summed E-state index contributed by atoms with van der Waals surface area (Å²) in [4.78, 5) is 2.35. The fourth-order valence-corrected chi connectivity index (χ4v) is 3.30. The zero-order valence-electron chi connectivity index (χ0n) is 10.7. The molecule has 2 aliphatic heterocycles. The molecule has 0 spiro atoms. The summed E-state index contributed by atoms with van der Waals surface area (Å²) in [6, 6.07) is 10.6. The third-order valence-electron chi connectivity index (χ3n) is 4.28. The van der Waals surface area contributed by atoms with E-state index in [1.807, 2.05) is 24.3 Å². The molecular formula is C15H18N2O. The molecule has 0 saturated carbocycles. The van der Waals surface area contributed by atoms with E-state index in [9.17, 15) is 5.26 Å². The van der Waals surface area contributed by atoms with E-state index in [4.69, 9.17) is 4.74 Å². The van der Waals surface area contributed by atoms with Gasteiger partial charge in [0.1, 0.15) is 11.3 Å². The number of para-hydroxylation sites is 1. The average molecular weight is 242 g/mol. The Balaban J connectivity index is 2.15. The second-order valence-corrected chi connectivity index (χ2v) is 5.28. The lowest BCUT2D eigenvalue weighted by molar-refractivity contribution is 0.0545. The Kier molecular flexibility index (Phi) is 2.76. The van der Waals surface area contributed by atoms with E-state index in [0.29, 0.717) is 6.61 Å². The first-order chi connectivity index (χ1) is 8.79. The maximum absolute atomic E-state index is 9.87. The van der Waals surface area contributed by atoms with E-state index < -0.39 is 5.54 Å². The Hall–Kier alpha value is -1.53. The van der Waals surface area contributed by atoms with Crippen LogP contribution < -0.4 is 4.74 Å². The van der Waals surface area contributed by atoms with Crippen LogP contribution in [0.4, 0.5) is 0 Å². The molecule has 3 nitrogen and oxygen atoms in total. The number of likely N-dealkylation sites (tertiary alicyclic amines) is 1. The standard InChI is InChI=1S/C15H18N2O/c1-12-10-18-14-7-3-2-6-13(14)15(12,11-16)17-8-4-5-9-17/h2-3,6-7,12H,4-5,8-10H2,1H3. The first-order valence-corrected chi connectivity index (χ1v) is 6.67. The minimum atomic E-state index is -0.495. The predicted octanol–water partition coefficient (Wildman–Crippen LogP) is 2.53. The normalized spacial score (nSPS) is 31.4. The van der Waals surface area contributed by atoms with Crippen molar-refractivity contribution < 1.29 is 4.74 Å². The molecule has 0 bridgehead atoms. The van der Waals surface area contributed by atoms with Gasteiger partial charge in [0.25, 0.3) is 0 Å². The van der Waals surface area contributed by atoms with Crippen LogP contribution in [0.15, 0.2) is 24.3 Å². The Morgan fingerprint density at radius 1 is 1.33 bits per heavy atom. The molecule has 0 radical (unpaired) electrons. The van der Waals surface area contributed by atoms with Crippen molar-refractivity contribution in [2.24, 2.45) is 5.92 Å². The van der Waals surface area contributed by atoms with Crippen molar-refractivity contribution >= 4 is 0 Å². The highest BCUT2D eigenvalue weighted by molar-refractivity contribution is 5.46. The Morgan fingerprint density at radius 3 is 2.78 bits per heavy atom. The monoisotopic (exact) mass is 242 g/mol. The van der Waals surface area contributed by atoms with E-state index in [-0.39, 0.29) is 5.92 Å². The molecule has 0 amide bonds. The van der Waals surface area contributed by atoms with Crippen molar-refractivity contribution in [3.63, 3.8) is 0 Å². The van der Waals surface area contributed by atoms with Crippen molar-refractivity contribution in [3.05, 3.63) is 29.8 Å². The third-order valence-corrected chi connectivity index (χ3v) is 4.28. The summed E-state index contributed by atoms with van der Waals surface area (Å²) < 4.78 is 5.77. The van der Waals surface area contributed by atoms with Crippen LogP contribution in [0.2, 0.25) is 0 Å². The van der Waals surface area contributed by atoms with Gasteiger partial charge in [0.05, 0.1) is 12.7 Å². The third kappa shape index (κ3) is 1.46. The molecule has 94 valence electrons. The Morgan fingerprint density at radius 2 is 2.06 bits per heavy atom. The molecule has 2 unspecified atom stereocenters. The van der Waals surface area contributed by atoms with Crippen LogP contribution in [-0.4, -0.2) is 24.6 Å². The highest BCUT2D eigenvalue weighted by Gasteiger charge is 2.49. The molecule has 0 aromatic heterocycles. The van der Waals surface area contributed by atoms with E-state index in [0.717, 1.165) is 24.4 Å². The minimum absolute atomic E-state index is 0.204. The summed E-state index contributed by atoms with van der Waals surface area (Å²) >= 11 is 0. The number of nitrogens with zero attached hydrogens (tertiary/aromatic N) is 2. The fraction of sp³-hybridized carbons (Fsp3) is 0.533. The summed E-state index contributed by atoms with van der Waals surface area (Å²) in [5.74, 6) is 1.08. The average Bonchev–Trinajstić information content (AvgIpc) is 2.93. The van der Waals surface area contributed by atoms with Crippen molar-refractivity contribution in [2.45, 2.75) is 25.3 Å². The number of rotatable bonds is 1. The smallest absolute Gasteiger partial charge is 0.144 e. The lowest BCUT2D eigenvalue weighted by Crippen LogP contribution is -2.52. The van der Waals surface area contributed by atoms with Crippen LogP contribution in [0.3, 0.4) is 0 Å². The highest BCUT2D eigenvalue weighted by atomic mass is 16.5. The number of hydrogen-bond donors (Lipinski definition) is 0. The second-order valence-electron chi connectivity index (χ2n) is 5.28. The summed E-state index contributed by atoms with van der Waals surface area (Å²) in [6.07, 6.45) is 2.39. The molecule has 1 aromatic rings. The number of fused-ring (bicyclic) bond motifs is 1. The SMILES string of the molecule is CC1COc2ccccc2C1(C#N)N1CCCC1. The van der Waals surface area contributed by atoms with E-state index in [2.05, 4.69) is 17.9 Å². The summed E-state index contributed by atoms with van der Waals surface area (Å²) in [7, 11) is 0. The number of nitriles is 1. The molecule has 1 saturated heterocycles. The molecule has 3 rings (SSSR count). The number of benzene rings is 1. The Labute approximate surface area is 108 Å². The maximum Gasteiger partial charge on any atom is 0.144 e. The van der Waals surface area contributed by atoms with Crippen LogP contribution in [-0.2, 0) is 5.54 Å². The van der Waals surface area contributed by atoms with Gasteiger partial charge in [-0.2, -0.15) is 5.26 Å². The lowest BCUT2D eigenvalue weighted by atomic mass is 9.77. The molecule has 3 heteroatoms. The summed E-state index contributed by atoms with van der Waals surface area (Å²) in [6.45, 7) is 4.79. The highest BCUT2D eigenvalue weighted by Crippen LogP contribution is 2.45. The van der Waals surface area contributed by atoms with E-state index >= 15 is 0 Å². The van der Waals surface area contributed by atoms with Gasteiger partial charge in [0.2, 0.25) is 0 Å². The largest absolute Gasteiger partial charge is 0.493 e. The van der Waals surface area contributed by atoms with E-state index in [1.165, 1.54) is 12.8 Å². The molecule has 2 aliphatic rings. The fourth-order valence-electron chi connectivity index (χ4n) is 3.30. The first kappa shape index (κ1) is 11.6. The van der Waals surface area contributed by atoms with Gasteiger partial charge in [-0.3, -0.25) is 4.90 Å². The number of hydrogen-bond acceptors (Lipinski definition) is 3. The zero-order valence-corrected chi connectivity index (χ0v) is 10.7. The van der Waals surface area contributed by atoms with Crippen LogP contribution in [0.5, 0.6) is 5.75 Å². The van der Waals surface area contributed by atoms with Crippen LogP contribution in [0.1, 0.15) is 25.3 Å². The molecule has 2 heterocycles. The molecule has 1 fully saturated rings. The topological polar surface area (TPSA) is 36.3 Å². The van der Waals surface area contributed by atoms with Gasteiger partial charge in [-0.25, -0.2) is 0 Å². The second kappa shape index (κ2) is 4.29. The molecule has 2 atom stereocenters. The minimum Gasteiger partial charge on any atom is -0.493 e. The zero-order chi connectivity index (χ0) is 12.6. The van der Waals surface area contributed by atoms with Gasteiger partial charge >= 0.3 is 0 Å². The van der Waals surface area contributed by atoms with E-state index in [1.54, 1.807) is 0 Å². The van der Waals surface area contributed by atoms with Crippen LogP contribution >= 0.6 is 0 Å². The van der Waals surface area contributed by atoms with Gasteiger partial charge in [-0.05, 0) is 18.9 Å². The van der Waals surface area contributed by atoms with Crippen LogP contribution in [0, 0.1) is 17.2 Å². The van der Waals surface area contributed by atoms with Crippen molar-refractivity contribution in [1.29, 1.82) is 5.26 Å². The molecule has 18 heavy (non-hydrogen) atoms. The first-order valence-electron chi connectivity index (χ1n) is 6.67. The maximum atomic E-state index is 9.87. The predicted molar refractivity (Wildman–Crippen MR) is 69.2 cm³/mol. The van der Waals surface area contributed by atoms with Crippen molar-refractivity contribution in [2.75, 3.05) is 19.7 Å². The van der Waals surface area contributed by atoms with Crippen molar-refractivity contribution in [1.82, 2.24) is 4.90 Å². The quantitative estimate of drug-likeness (QED) is 0.759. The molecule has 0 aliphatic carbocycles. The van der Waals surface area contributed by atoms with Crippen LogP contribution in [0.25, 0.3) is 0 Å². The van der Waals surface area contributed by atoms with Gasteiger partial charge in [0.15, 0.2) is 0 Å². The Bertz CT molecular complexity index is 488.